The summed E-state index contributed by atoms with van der Waals surface area (Å²) < 4.78 is 92.5. The smallest absolute Gasteiger partial charge is 0.256 e. The predicted molar refractivity (Wildman–Crippen MR) is 131 cm³/mol. The van der Waals surface area contributed by atoms with Crippen molar-refractivity contribution in [3.8, 4) is 0 Å². The van der Waals surface area contributed by atoms with Gasteiger partial charge in [-0.25, -0.2) is 30.7 Å². The maximum atomic E-state index is 14.4. The van der Waals surface area contributed by atoms with Crippen LogP contribution in [0.25, 0.3) is 10.9 Å². The first-order valence-electron chi connectivity index (χ1n) is 11.2. The molecule has 2 aromatic carbocycles. The lowest BCUT2D eigenvalue weighted by Gasteiger charge is -2.26. The highest BCUT2D eigenvalue weighted by atomic mass is 19.3. The van der Waals surface area contributed by atoms with Crippen LogP contribution in [0.15, 0.2) is 30.3 Å². The van der Waals surface area contributed by atoms with Crippen LogP contribution >= 0.6 is 0 Å². The second-order valence-corrected chi connectivity index (χ2v) is 8.70. The van der Waals surface area contributed by atoms with Crippen molar-refractivity contribution in [2.24, 2.45) is 5.41 Å². The fraction of sp³-hybridized carbons (Fsp3) is 0.400. The normalized spacial score (nSPS) is 11.1. The van der Waals surface area contributed by atoms with Gasteiger partial charge in [0.05, 0.1) is 18.4 Å². The Morgan fingerprint density at radius 1 is 0.973 bits per heavy atom. The molecule has 0 saturated carbocycles. The van der Waals surface area contributed by atoms with Gasteiger partial charge in [0.25, 0.3) is 6.43 Å². The zero-order valence-corrected chi connectivity index (χ0v) is 21.3. The molecule has 204 valence electrons. The van der Waals surface area contributed by atoms with Crippen LogP contribution < -0.4 is 10.5 Å². The first kappa shape index (κ1) is 31.6. The molecule has 0 bridgehead atoms. The van der Waals surface area contributed by atoms with E-state index in [0.29, 0.717) is 18.0 Å². The number of nitrogens with one attached hydrogen (secondary N) is 2. The molecule has 1 aromatic heterocycles. The van der Waals surface area contributed by atoms with Gasteiger partial charge in [0.2, 0.25) is 12.0 Å². The van der Waals surface area contributed by atoms with E-state index in [-0.39, 0.29) is 22.4 Å². The number of aromatic nitrogens is 2. The van der Waals surface area contributed by atoms with E-state index < -0.39 is 47.9 Å². The van der Waals surface area contributed by atoms with E-state index in [4.69, 9.17) is 10.8 Å². The lowest BCUT2D eigenvalue weighted by atomic mass is 9.98. The third-order valence-electron chi connectivity index (χ3n) is 4.65. The van der Waals surface area contributed by atoms with Crippen LogP contribution in [0.5, 0.6) is 0 Å². The number of hydrogen-bond donors (Lipinski definition) is 2. The molecule has 0 saturated heterocycles. The second-order valence-electron chi connectivity index (χ2n) is 8.70. The maximum absolute atomic E-state index is 14.4. The Hall–Kier alpha value is -3.44. The molecule has 3 aromatic rings. The summed E-state index contributed by atoms with van der Waals surface area (Å²) in [5.41, 5.74) is -1.41. The van der Waals surface area contributed by atoms with Crippen molar-refractivity contribution in [3.05, 3.63) is 59.0 Å². The summed E-state index contributed by atoms with van der Waals surface area (Å²) in [7, 11) is 0. The van der Waals surface area contributed by atoms with Gasteiger partial charge in [-0.05, 0) is 36.8 Å². The Kier molecular flexibility index (Phi) is 11.3. The molecule has 0 aliphatic rings. The fourth-order valence-corrected chi connectivity index (χ4v) is 2.96. The van der Waals surface area contributed by atoms with Crippen molar-refractivity contribution >= 4 is 28.7 Å². The van der Waals surface area contributed by atoms with Crippen LogP contribution in [0.3, 0.4) is 0 Å². The van der Waals surface area contributed by atoms with Crippen molar-refractivity contribution in [2.75, 3.05) is 11.4 Å². The zero-order chi connectivity index (χ0) is 28.7. The Labute approximate surface area is 210 Å². The van der Waals surface area contributed by atoms with Crippen molar-refractivity contribution in [3.63, 3.8) is 0 Å². The van der Waals surface area contributed by atoms with Gasteiger partial charge in [-0.1, -0.05) is 34.6 Å². The minimum Gasteiger partial charge on any atom is -0.320 e. The van der Waals surface area contributed by atoms with Crippen LogP contribution in [-0.4, -0.2) is 35.3 Å². The average Bonchev–Trinajstić information content (AvgIpc) is 2.78. The molecule has 0 unspecified atom stereocenters. The minimum atomic E-state index is -2.89. The van der Waals surface area contributed by atoms with Crippen molar-refractivity contribution in [1.29, 1.82) is 10.8 Å². The molecular formula is C25H30F7N5. The van der Waals surface area contributed by atoms with Gasteiger partial charge in [-0.3, -0.25) is 15.4 Å². The molecular weight excluding hydrogens is 503 g/mol. The molecule has 3 rings (SSSR count). The lowest BCUT2D eigenvalue weighted by molar-refractivity contribution is 0.0324. The number of fused-ring (bicyclic) bond motifs is 1. The summed E-state index contributed by atoms with van der Waals surface area (Å²) in [4.78, 5) is 4.76. The van der Waals surface area contributed by atoms with E-state index >= 15 is 0 Å². The molecule has 0 aliphatic carbocycles. The molecule has 0 spiro atoms. The third-order valence-corrected chi connectivity index (χ3v) is 4.65. The number of halogens is 7. The molecule has 0 aliphatic heterocycles. The van der Waals surface area contributed by atoms with Crippen molar-refractivity contribution < 1.29 is 30.7 Å². The largest absolute Gasteiger partial charge is 0.320 e. The topological polar surface area (TPSA) is 68.8 Å². The SMILES string of the molecule is CC.CC(C)(C)C(F)F.Cc1cc(F)cc(N(CC(F)F)c2nc(=N)n(C=N)c3c(F)cc(F)cc23)c1. The zero-order valence-electron chi connectivity index (χ0n) is 21.3. The van der Waals surface area contributed by atoms with E-state index in [9.17, 15) is 30.7 Å². The molecule has 37 heavy (non-hydrogen) atoms. The molecule has 12 heteroatoms. The third kappa shape index (κ3) is 8.29. The summed E-state index contributed by atoms with van der Waals surface area (Å²) in [6, 6.07) is 5.01. The van der Waals surface area contributed by atoms with E-state index in [1.165, 1.54) is 32.9 Å². The Bertz CT molecular complexity index is 1250. The Morgan fingerprint density at radius 2 is 1.51 bits per heavy atom. The first-order chi connectivity index (χ1) is 17.1. The quantitative estimate of drug-likeness (QED) is 0.204. The van der Waals surface area contributed by atoms with Crippen LogP contribution in [0.4, 0.5) is 42.2 Å². The van der Waals surface area contributed by atoms with Gasteiger partial charge in [0.15, 0.2) is 5.82 Å². The molecule has 0 fully saturated rings. The van der Waals surface area contributed by atoms with Crippen LogP contribution in [-0.2, 0) is 0 Å². The van der Waals surface area contributed by atoms with Crippen LogP contribution in [0, 0.1) is 40.6 Å². The average molecular weight is 534 g/mol. The molecule has 0 atom stereocenters. The second kappa shape index (κ2) is 13.2. The van der Waals surface area contributed by atoms with Gasteiger partial charge >= 0.3 is 0 Å². The summed E-state index contributed by atoms with van der Waals surface area (Å²) in [6.45, 7) is 9.14. The highest BCUT2D eigenvalue weighted by molar-refractivity contribution is 5.94. The summed E-state index contributed by atoms with van der Waals surface area (Å²) in [5.74, 6) is -3.12. The molecule has 0 radical (unpaired) electrons. The summed E-state index contributed by atoms with van der Waals surface area (Å²) >= 11 is 0. The van der Waals surface area contributed by atoms with Gasteiger partial charge in [-0.15, -0.1) is 0 Å². The van der Waals surface area contributed by atoms with Crippen LogP contribution in [0.1, 0.15) is 40.2 Å². The van der Waals surface area contributed by atoms with E-state index in [1.54, 1.807) is 6.92 Å². The van der Waals surface area contributed by atoms with Gasteiger partial charge in [0, 0.05) is 22.6 Å². The predicted octanol–water partition coefficient (Wildman–Crippen LogP) is 7.42. The number of alkyl halides is 4. The lowest BCUT2D eigenvalue weighted by Crippen LogP contribution is -2.31. The summed E-state index contributed by atoms with van der Waals surface area (Å²) in [5, 5.41) is 15.0. The first-order valence-corrected chi connectivity index (χ1v) is 11.2. The fourth-order valence-electron chi connectivity index (χ4n) is 2.96. The molecule has 0 amide bonds. The van der Waals surface area contributed by atoms with E-state index in [1.807, 2.05) is 13.8 Å². The van der Waals surface area contributed by atoms with Gasteiger partial charge in [0.1, 0.15) is 17.5 Å². The molecule has 5 nitrogen and oxygen atoms in total. The number of anilines is 2. The maximum Gasteiger partial charge on any atom is 0.256 e. The Morgan fingerprint density at radius 3 is 1.97 bits per heavy atom. The number of nitrogens with zero attached hydrogens (tertiary/aromatic N) is 3. The van der Waals surface area contributed by atoms with Crippen molar-refractivity contribution in [1.82, 2.24) is 9.55 Å². The monoisotopic (exact) mass is 533 g/mol. The van der Waals surface area contributed by atoms with Gasteiger partial charge in [-0.2, -0.15) is 4.98 Å². The van der Waals surface area contributed by atoms with Crippen LogP contribution in [0.2, 0.25) is 0 Å². The van der Waals surface area contributed by atoms with Gasteiger partial charge < -0.3 is 4.90 Å². The highest BCUT2D eigenvalue weighted by Crippen LogP contribution is 2.32. The minimum absolute atomic E-state index is 0.0109. The van der Waals surface area contributed by atoms with E-state index in [2.05, 4.69) is 4.98 Å². The summed E-state index contributed by atoms with van der Waals surface area (Å²) in [6.07, 6.45) is -4.48. The number of rotatable bonds is 5. The number of aryl methyl sites for hydroxylation is 1. The molecule has 1 heterocycles. The number of benzene rings is 2. The Balaban J connectivity index is 0.000000659. The van der Waals surface area contributed by atoms with E-state index in [0.717, 1.165) is 21.6 Å². The highest BCUT2D eigenvalue weighted by Gasteiger charge is 2.23. The standard InChI is InChI=1S/C18H14F5N5.C5H10F2.C2H6/c1-9-2-10(19)4-12(3-9)27(7-15(22)23)17-13-5-11(20)6-14(21)16(13)28(8-24)18(25)26-17;1-5(2,3)4(6)7;1-2/h2-6,8,15,24-25H,7H2,1H3;4H,1-3H3;1-2H3. The number of hydrogen-bond acceptors (Lipinski definition) is 4. The molecule has 2 N–H and O–H groups in total. The van der Waals surface area contributed by atoms with Crippen molar-refractivity contribution in [2.45, 2.75) is 54.4 Å².